The maximum atomic E-state index is 12.9. The van der Waals surface area contributed by atoms with Crippen LogP contribution in [0, 0.1) is 0 Å². The predicted octanol–water partition coefficient (Wildman–Crippen LogP) is 3.61. The fourth-order valence-electron chi connectivity index (χ4n) is 1.80. The van der Waals surface area contributed by atoms with E-state index in [2.05, 4.69) is 0 Å². The topological polar surface area (TPSA) is 66.6 Å². The molecular weight excluding hydrogens is 309 g/mol. The van der Waals surface area contributed by atoms with Gasteiger partial charge in [-0.1, -0.05) is 11.6 Å². The third-order valence-electron chi connectivity index (χ3n) is 3.02. The molecule has 0 amide bonds. The standard InChI is InChI=1S/C13H16ClF3N2O2/c1-6(2)19(21)7(3)12(20)8-4-9(13(15,16)17)11(18)10(14)5-8/h4-7,21H,18H2,1-3H3. The number of benzene rings is 1. The highest BCUT2D eigenvalue weighted by atomic mass is 35.5. The molecule has 0 aromatic heterocycles. The molecular formula is C13H16ClF3N2O2. The van der Waals surface area contributed by atoms with Gasteiger partial charge in [-0.2, -0.15) is 18.2 Å². The summed E-state index contributed by atoms with van der Waals surface area (Å²) >= 11 is 5.66. The quantitative estimate of drug-likeness (QED) is 0.504. The summed E-state index contributed by atoms with van der Waals surface area (Å²) in [6.45, 7) is 4.67. The van der Waals surface area contributed by atoms with Gasteiger partial charge in [-0.25, -0.2) is 0 Å². The van der Waals surface area contributed by atoms with Gasteiger partial charge < -0.3 is 10.9 Å². The molecule has 21 heavy (non-hydrogen) atoms. The van der Waals surface area contributed by atoms with Crippen LogP contribution in [0.15, 0.2) is 12.1 Å². The molecule has 0 aliphatic heterocycles. The number of ketones is 1. The zero-order chi connectivity index (χ0) is 16.5. The number of halogens is 4. The van der Waals surface area contributed by atoms with Crippen LogP contribution in [-0.2, 0) is 6.18 Å². The average Bonchev–Trinajstić information content (AvgIpc) is 2.37. The maximum absolute atomic E-state index is 12.9. The van der Waals surface area contributed by atoms with Crippen LogP contribution >= 0.6 is 11.6 Å². The van der Waals surface area contributed by atoms with Crippen LogP contribution in [0.3, 0.4) is 0 Å². The van der Waals surface area contributed by atoms with Gasteiger partial charge in [0.1, 0.15) is 0 Å². The van der Waals surface area contributed by atoms with Crippen molar-refractivity contribution in [3.8, 4) is 0 Å². The van der Waals surface area contributed by atoms with Crippen LogP contribution in [0.1, 0.15) is 36.7 Å². The van der Waals surface area contributed by atoms with Gasteiger partial charge in [-0.15, -0.1) is 0 Å². The fraction of sp³-hybridized carbons (Fsp3) is 0.462. The zero-order valence-corrected chi connectivity index (χ0v) is 12.5. The highest BCUT2D eigenvalue weighted by Crippen LogP contribution is 2.38. The molecule has 0 radical (unpaired) electrons. The van der Waals surface area contributed by atoms with E-state index in [1.807, 2.05) is 0 Å². The largest absolute Gasteiger partial charge is 0.418 e. The number of rotatable bonds is 4. The summed E-state index contributed by atoms with van der Waals surface area (Å²) in [5.74, 6) is -0.682. The number of hydrogen-bond donors (Lipinski definition) is 2. The predicted molar refractivity (Wildman–Crippen MR) is 73.4 cm³/mol. The molecule has 0 spiro atoms. The van der Waals surface area contributed by atoms with Gasteiger partial charge in [0.2, 0.25) is 0 Å². The summed E-state index contributed by atoms with van der Waals surface area (Å²) in [4.78, 5) is 12.2. The van der Waals surface area contributed by atoms with E-state index in [0.29, 0.717) is 6.07 Å². The molecule has 8 heteroatoms. The van der Waals surface area contributed by atoms with E-state index in [1.54, 1.807) is 13.8 Å². The molecule has 0 bridgehead atoms. The first-order valence-electron chi connectivity index (χ1n) is 6.14. The van der Waals surface area contributed by atoms with Crippen molar-refractivity contribution in [2.24, 2.45) is 0 Å². The van der Waals surface area contributed by atoms with Gasteiger partial charge in [-0.05, 0) is 32.9 Å². The maximum Gasteiger partial charge on any atom is 0.418 e. The van der Waals surface area contributed by atoms with Crippen molar-refractivity contribution in [1.82, 2.24) is 5.06 Å². The first-order valence-corrected chi connectivity index (χ1v) is 6.52. The second-order valence-electron chi connectivity index (χ2n) is 4.93. The van der Waals surface area contributed by atoms with Crippen molar-refractivity contribution in [1.29, 1.82) is 0 Å². The molecule has 0 aliphatic carbocycles. The Kier molecular flexibility index (Phi) is 5.25. The van der Waals surface area contributed by atoms with Crippen LogP contribution in [0.25, 0.3) is 0 Å². The molecule has 1 rings (SSSR count). The lowest BCUT2D eigenvalue weighted by atomic mass is 10.0. The number of alkyl halides is 3. The van der Waals surface area contributed by atoms with E-state index in [0.717, 1.165) is 11.1 Å². The lowest BCUT2D eigenvalue weighted by molar-refractivity contribution is -0.137. The number of nitrogens with zero attached hydrogens (tertiary/aromatic N) is 1. The Hall–Kier alpha value is -1.31. The summed E-state index contributed by atoms with van der Waals surface area (Å²) < 4.78 is 38.6. The summed E-state index contributed by atoms with van der Waals surface area (Å²) in [6.07, 6.45) is -4.72. The zero-order valence-electron chi connectivity index (χ0n) is 11.7. The van der Waals surface area contributed by atoms with E-state index < -0.39 is 29.3 Å². The first kappa shape index (κ1) is 17.7. The SMILES string of the molecule is CC(C)N(O)C(C)C(=O)c1cc(Cl)c(N)c(C(F)(F)F)c1. The Morgan fingerprint density at radius 3 is 2.29 bits per heavy atom. The molecule has 1 aromatic carbocycles. The molecule has 1 aromatic rings. The Morgan fingerprint density at radius 2 is 1.86 bits per heavy atom. The van der Waals surface area contributed by atoms with Crippen molar-refractivity contribution in [3.63, 3.8) is 0 Å². The number of carbonyl (C=O) groups excluding carboxylic acids is 1. The highest BCUT2D eigenvalue weighted by Gasteiger charge is 2.35. The minimum absolute atomic E-state index is 0.256. The van der Waals surface area contributed by atoms with E-state index in [-0.39, 0.29) is 16.6 Å². The van der Waals surface area contributed by atoms with Gasteiger partial charge in [0.15, 0.2) is 5.78 Å². The molecule has 118 valence electrons. The molecule has 3 N–H and O–H groups in total. The second kappa shape index (κ2) is 6.21. The Morgan fingerprint density at radius 1 is 1.33 bits per heavy atom. The summed E-state index contributed by atoms with van der Waals surface area (Å²) in [6, 6.07) is 0.342. The van der Waals surface area contributed by atoms with Crippen LogP contribution < -0.4 is 5.73 Å². The van der Waals surface area contributed by atoms with E-state index in [4.69, 9.17) is 17.3 Å². The van der Waals surface area contributed by atoms with Crippen molar-refractivity contribution in [2.45, 2.75) is 39.0 Å². The van der Waals surface area contributed by atoms with E-state index in [1.165, 1.54) is 6.92 Å². The molecule has 0 saturated heterocycles. The number of Topliss-reactive ketones (excluding diaryl/α,β-unsaturated/α-hetero) is 1. The monoisotopic (exact) mass is 324 g/mol. The first-order chi connectivity index (χ1) is 9.46. The molecule has 0 heterocycles. The normalized spacial score (nSPS) is 13.8. The molecule has 4 nitrogen and oxygen atoms in total. The third-order valence-corrected chi connectivity index (χ3v) is 3.34. The molecule has 0 aliphatic rings. The molecule has 1 unspecified atom stereocenters. The van der Waals surface area contributed by atoms with Crippen LogP contribution in [-0.4, -0.2) is 28.1 Å². The van der Waals surface area contributed by atoms with Crippen molar-refractivity contribution in [2.75, 3.05) is 5.73 Å². The highest BCUT2D eigenvalue weighted by molar-refractivity contribution is 6.33. The average molecular weight is 325 g/mol. The van der Waals surface area contributed by atoms with Crippen molar-refractivity contribution < 1.29 is 23.2 Å². The number of nitrogens with two attached hydrogens (primary N) is 1. The number of carbonyl (C=O) groups is 1. The fourth-order valence-corrected chi connectivity index (χ4v) is 2.02. The van der Waals surface area contributed by atoms with Gasteiger partial charge in [0.05, 0.1) is 22.3 Å². The summed E-state index contributed by atoms with van der Waals surface area (Å²) in [5, 5.41) is 10.1. The lowest BCUT2D eigenvalue weighted by Gasteiger charge is -2.25. The Balaban J connectivity index is 3.26. The molecule has 1 atom stereocenters. The van der Waals surface area contributed by atoms with Gasteiger partial charge in [0, 0.05) is 11.6 Å². The minimum Gasteiger partial charge on any atom is -0.397 e. The van der Waals surface area contributed by atoms with Crippen LogP contribution in [0.2, 0.25) is 5.02 Å². The number of nitrogen functional groups attached to an aromatic ring is 1. The Bertz CT molecular complexity index is 547. The number of hydroxylamine groups is 2. The smallest absolute Gasteiger partial charge is 0.397 e. The van der Waals surface area contributed by atoms with Crippen LogP contribution in [0.4, 0.5) is 18.9 Å². The minimum atomic E-state index is -4.72. The number of hydrogen-bond acceptors (Lipinski definition) is 4. The Labute approximate surface area is 125 Å². The van der Waals surface area contributed by atoms with Gasteiger partial charge in [0.25, 0.3) is 0 Å². The van der Waals surface area contributed by atoms with Crippen molar-refractivity contribution in [3.05, 3.63) is 28.3 Å². The van der Waals surface area contributed by atoms with Gasteiger partial charge >= 0.3 is 6.18 Å². The summed E-state index contributed by atoms with van der Waals surface area (Å²) in [7, 11) is 0. The molecule has 0 fully saturated rings. The second-order valence-corrected chi connectivity index (χ2v) is 5.34. The number of anilines is 1. The molecule has 0 saturated carbocycles. The van der Waals surface area contributed by atoms with E-state index in [9.17, 15) is 23.2 Å². The lowest BCUT2D eigenvalue weighted by Crippen LogP contribution is -2.41. The van der Waals surface area contributed by atoms with E-state index >= 15 is 0 Å². The van der Waals surface area contributed by atoms with Gasteiger partial charge in [-0.3, -0.25) is 4.79 Å². The summed E-state index contributed by atoms with van der Waals surface area (Å²) in [5.41, 5.74) is 3.25. The van der Waals surface area contributed by atoms with Crippen molar-refractivity contribution >= 4 is 23.1 Å². The third kappa shape index (κ3) is 3.87. The van der Waals surface area contributed by atoms with Crippen LogP contribution in [0.5, 0.6) is 0 Å².